The fourth-order valence-corrected chi connectivity index (χ4v) is 3.67. The average molecular weight is 357 g/mol. The molecule has 0 bridgehead atoms. The number of nitrogens with one attached hydrogen (secondary N) is 2. The van der Waals surface area contributed by atoms with Gasteiger partial charge in [0.1, 0.15) is 18.1 Å². The molecule has 2 N–H and O–H groups in total. The predicted octanol–water partition coefficient (Wildman–Crippen LogP) is 2.24. The highest BCUT2D eigenvalue weighted by Crippen LogP contribution is 2.29. The molecule has 6 heteroatoms. The molecule has 1 saturated heterocycles. The maximum absolute atomic E-state index is 5.79. The third-order valence-corrected chi connectivity index (χ3v) is 4.87. The van der Waals surface area contributed by atoms with Gasteiger partial charge in [0.05, 0.1) is 20.3 Å². The molecule has 0 radical (unpaired) electrons. The first kappa shape index (κ1) is 19.3. The van der Waals surface area contributed by atoms with Crippen LogP contribution in [0.25, 0.3) is 0 Å². The normalized spacial score (nSPS) is 26.6. The van der Waals surface area contributed by atoms with Crippen LogP contribution >= 0.6 is 12.4 Å². The fourth-order valence-electron chi connectivity index (χ4n) is 3.67. The molecular weight excluding hydrogens is 328 g/mol. The zero-order valence-corrected chi connectivity index (χ0v) is 15.1. The lowest BCUT2D eigenvalue weighted by atomic mass is 9.94. The van der Waals surface area contributed by atoms with Gasteiger partial charge in [0.15, 0.2) is 0 Å². The van der Waals surface area contributed by atoms with E-state index in [0.29, 0.717) is 24.6 Å². The van der Waals surface area contributed by atoms with Gasteiger partial charge in [-0.1, -0.05) is 6.42 Å². The molecule has 136 valence electrons. The Morgan fingerprint density at radius 1 is 1.21 bits per heavy atom. The summed E-state index contributed by atoms with van der Waals surface area (Å²) in [6.45, 7) is 4.24. The number of rotatable bonds is 7. The minimum atomic E-state index is 0. The molecule has 3 rings (SSSR count). The first-order valence-corrected chi connectivity index (χ1v) is 8.68. The molecule has 1 aliphatic heterocycles. The summed E-state index contributed by atoms with van der Waals surface area (Å²) >= 11 is 0. The van der Waals surface area contributed by atoms with E-state index < -0.39 is 0 Å². The second-order valence-electron chi connectivity index (χ2n) is 6.31. The van der Waals surface area contributed by atoms with E-state index in [9.17, 15) is 0 Å². The van der Waals surface area contributed by atoms with Gasteiger partial charge in [-0.25, -0.2) is 0 Å². The van der Waals surface area contributed by atoms with Gasteiger partial charge >= 0.3 is 0 Å². The Morgan fingerprint density at radius 2 is 2.00 bits per heavy atom. The fraction of sp³-hybridized carbons (Fsp3) is 0.667. The zero-order chi connectivity index (χ0) is 15.9. The summed E-state index contributed by atoms with van der Waals surface area (Å²) in [5.74, 6) is 2.42. The van der Waals surface area contributed by atoms with Crippen molar-refractivity contribution < 1.29 is 14.2 Å². The minimum absolute atomic E-state index is 0. The van der Waals surface area contributed by atoms with Gasteiger partial charge in [-0.3, -0.25) is 0 Å². The van der Waals surface area contributed by atoms with Gasteiger partial charge in [-0.05, 0) is 43.0 Å². The van der Waals surface area contributed by atoms with Gasteiger partial charge in [0, 0.05) is 25.2 Å². The van der Waals surface area contributed by atoms with Crippen LogP contribution in [-0.2, 0) is 4.74 Å². The van der Waals surface area contributed by atoms with E-state index in [0.717, 1.165) is 37.8 Å². The molecule has 5 nitrogen and oxygen atoms in total. The average Bonchev–Trinajstić information content (AvgIpc) is 3.08. The van der Waals surface area contributed by atoms with Crippen LogP contribution in [-0.4, -0.2) is 52.1 Å². The van der Waals surface area contributed by atoms with Crippen molar-refractivity contribution in [1.82, 2.24) is 10.6 Å². The number of halogens is 1. The second kappa shape index (κ2) is 10.1. The van der Waals surface area contributed by atoms with E-state index in [4.69, 9.17) is 14.2 Å². The number of hydrogen-bond donors (Lipinski definition) is 2. The smallest absolute Gasteiger partial charge is 0.119 e. The standard InChI is InChI=1S/C18H28N2O3.ClH/c1-21-14-5-7-15(8-6-14)23-12-10-19-17-4-2-3-16(17)18-13-22-11-9-20-18;/h5-8,16-20H,2-4,9-13H2,1H3;1H. The molecule has 1 aromatic rings. The summed E-state index contributed by atoms with van der Waals surface area (Å²) in [7, 11) is 1.67. The van der Waals surface area contributed by atoms with E-state index in [1.165, 1.54) is 19.3 Å². The molecule has 0 amide bonds. The van der Waals surface area contributed by atoms with Crippen molar-refractivity contribution in [3.05, 3.63) is 24.3 Å². The number of ether oxygens (including phenoxy) is 3. The van der Waals surface area contributed by atoms with Crippen LogP contribution in [0.5, 0.6) is 11.5 Å². The van der Waals surface area contributed by atoms with Crippen LogP contribution in [0.3, 0.4) is 0 Å². The Bertz CT molecular complexity index is 466. The lowest BCUT2D eigenvalue weighted by molar-refractivity contribution is 0.0523. The molecule has 3 unspecified atom stereocenters. The summed E-state index contributed by atoms with van der Waals surface area (Å²) in [5, 5.41) is 7.29. The zero-order valence-electron chi connectivity index (χ0n) is 14.3. The number of morpholine rings is 1. The molecule has 1 saturated carbocycles. The maximum Gasteiger partial charge on any atom is 0.119 e. The number of methoxy groups -OCH3 is 1. The first-order chi connectivity index (χ1) is 11.4. The van der Waals surface area contributed by atoms with Crippen molar-refractivity contribution in [3.8, 4) is 11.5 Å². The summed E-state index contributed by atoms with van der Waals surface area (Å²) in [4.78, 5) is 0. The molecule has 0 aromatic heterocycles. The van der Waals surface area contributed by atoms with E-state index in [2.05, 4.69) is 10.6 Å². The Kier molecular flexibility index (Phi) is 8.12. The third-order valence-electron chi connectivity index (χ3n) is 4.87. The number of benzene rings is 1. The summed E-state index contributed by atoms with van der Waals surface area (Å²) < 4.78 is 16.6. The molecule has 0 spiro atoms. The topological polar surface area (TPSA) is 51.8 Å². The molecule has 2 aliphatic rings. The van der Waals surface area contributed by atoms with Crippen LogP contribution in [0.1, 0.15) is 19.3 Å². The summed E-state index contributed by atoms with van der Waals surface area (Å²) in [6, 6.07) is 8.82. The van der Waals surface area contributed by atoms with Crippen LogP contribution in [0.15, 0.2) is 24.3 Å². The van der Waals surface area contributed by atoms with E-state index in [1.54, 1.807) is 7.11 Å². The molecule has 24 heavy (non-hydrogen) atoms. The lowest BCUT2D eigenvalue weighted by Crippen LogP contribution is -2.51. The highest BCUT2D eigenvalue weighted by molar-refractivity contribution is 5.85. The van der Waals surface area contributed by atoms with E-state index in [1.807, 2.05) is 24.3 Å². The van der Waals surface area contributed by atoms with Crippen LogP contribution in [0.4, 0.5) is 0 Å². The van der Waals surface area contributed by atoms with Crippen LogP contribution in [0.2, 0.25) is 0 Å². The summed E-state index contributed by atoms with van der Waals surface area (Å²) in [6.07, 6.45) is 3.85. The monoisotopic (exact) mass is 356 g/mol. The van der Waals surface area contributed by atoms with E-state index >= 15 is 0 Å². The Hall–Kier alpha value is -1.01. The highest BCUT2D eigenvalue weighted by atomic mass is 35.5. The lowest BCUT2D eigenvalue weighted by Gasteiger charge is -2.33. The molecule has 1 aromatic carbocycles. The van der Waals surface area contributed by atoms with Crippen molar-refractivity contribution in [2.75, 3.05) is 40.0 Å². The molecule has 1 heterocycles. The van der Waals surface area contributed by atoms with Crippen LogP contribution in [0, 0.1) is 5.92 Å². The predicted molar refractivity (Wildman–Crippen MR) is 97.5 cm³/mol. The Morgan fingerprint density at radius 3 is 2.71 bits per heavy atom. The second-order valence-corrected chi connectivity index (χ2v) is 6.31. The largest absolute Gasteiger partial charge is 0.497 e. The quantitative estimate of drug-likeness (QED) is 0.734. The maximum atomic E-state index is 5.79. The SMILES string of the molecule is COc1ccc(OCCNC2CCCC2C2COCCN2)cc1.Cl. The first-order valence-electron chi connectivity index (χ1n) is 8.68. The molecular formula is C18H29ClN2O3. The summed E-state index contributed by atoms with van der Waals surface area (Å²) in [5.41, 5.74) is 0. The Labute approximate surface area is 150 Å². The van der Waals surface area contributed by atoms with Crippen molar-refractivity contribution in [1.29, 1.82) is 0 Å². The highest BCUT2D eigenvalue weighted by Gasteiger charge is 2.34. The molecule has 3 atom stereocenters. The van der Waals surface area contributed by atoms with Gasteiger partial charge in [0.2, 0.25) is 0 Å². The van der Waals surface area contributed by atoms with Crippen molar-refractivity contribution in [3.63, 3.8) is 0 Å². The van der Waals surface area contributed by atoms with Gasteiger partial charge in [0.25, 0.3) is 0 Å². The van der Waals surface area contributed by atoms with E-state index in [-0.39, 0.29) is 12.4 Å². The van der Waals surface area contributed by atoms with Crippen LogP contribution < -0.4 is 20.1 Å². The third kappa shape index (κ3) is 5.24. The van der Waals surface area contributed by atoms with Crippen molar-refractivity contribution >= 4 is 12.4 Å². The van der Waals surface area contributed by atoms with Gasteiger partial charge in [-0.15, -0.1) is 12.4 Å². The van der Waals surface area contributed by atoms with Crippen molar-refractivity contribution in [2.45, 2.75) is 31.3 Å². The Balaban J connectivity index is 0.00000208. The molecule has 2 fully saturated rings. The molecule has 1 aliphatic carbocycles. The van der Waals surface area contributed by atoms with Crippen molar-refractivity contribution in [2.24, 2.45) is 5.92 Å². The number of hydrogen-bond acceptors (Lipinski definition) is 5. The minimum Gasteiger partial charge on any atom is -0.497 e. The van der Waals surface area contributed by atoms with Gasteiger partial charge < -0.3 is 24.8 Å². The van der Waals surface area contributed by atoms with Gasteiger partial charge in [-0.2, -0.15) is 0 Å².